The molecule has 0 unspecified atom stereocenters. The zero-order valence-corrected chi connectivity index (χ0v) is 7.56. The van der Waals surface area contributed by atoms with Crippen LogP contribution in [-0.4, -0.2) is 0 Å². The van der Waals surface area contributed by atoms with Gasteiger partial charge in [-0.25, -0.2) is 0 Å². The van der Waals surface area contributed by atoms with E-state index in [0.717, 1.165) is 11.4 Å². The Labute approximate surface area is 73.0 Å². The molecule has 0 saturated carbocycles. The van der Waals surface area contributed by atoms with Crippen LogP contribution in [0.15, 0.2) is 24.3 Å². The number of aryl methyl sites for hydroxylation is 1. The van der Waals surface area contributed by atoms with E-state index in [-0.39, 0.29) is 6.15 Å². The zero-order valence-electron chi connectivity index (χ0n) is 6.81. The molecule has 0 aliphatic carbocycles. The van der Waals surface area contributed by atoms with Gasteiger partial charge in [-0.3, -0.25) is 0 Å². The molecular formula is C9H14ClN. The van der Waals surface area contributed by atoms with Crippen LogP contribution in [0.5, 0.6) is 0 Å². The van der Waals surface area contributed by atoms with Gasteiger partial charge in [0.25, 0.3) is 0 Å². The summed E-state index contributed by atoms with van der Waals surface area (Å²) in [6.07, 6.45) is 2.31. The first-order valence-electron chi connectivity index (χ1n) is 3.57. The van der Waals surface area contributed by atoms with Crippen molar-refractivity contribution in [1.82, 2.24) is 6.15 Å². The van der Waals surface area contributed by atoms with E-state index in [1.54, 1.807) is 0 Å². The molecule has 1 aromatic rings. The van der Waals surface area contributed by atoms with Crippen LogP contribution in [0.4, 0.5) is 0 Å². The van der Waals surface area contributed by atoms with Gasteiger partial charge in [0.15, 0.2) is 0 Å². The molecular weight excluding hydrogens is 158 g/mol. The maximum absolute atomic E-state index is 5.78. The van der Waals surface area contributed by atoms with E-state index >= 15 is 0 Å². The molecule has 0 aliphatic rings. The van der Waals surface area contributed by atoms with Gasteiger partial charge in [0.2, 0.25) is 0 Å². The summed E-state index contributed by atoms with van der Waals surface area (Å²) in [6, 6.07) is 8.02. The van der Waals surface area contributed by atoms with Crippen LogP contribution in [0, 0.1) is 0 Å². The highest BCUT2D eigenvalue weighted by atomic mass is 35.5. The molecule has 0 spiro atoms. The topological polar surface area (TPSA) is 35.0 Å². The van der Waals surface area contributed by atoms with E-state index in [0.29, 0.717) is 0 Å². The number of rotatable bonds is 2. The van der Waals surface area contributed by atoms with Gasteiger partial charge in [-0.1, -0.05) is 37.1 Å². The van der Waals surface area contributed by atoms with Gasteiger partial charge < -0.3 is 6.15 Å². The lowest BCUT2D eigenvalue weighted by Crippen LogP contribution is -1.80. The van der Waals surface area contributed by atoms with E-state index in [1.807, 2.05) is 18.2 Å². The molecule has 0 aromatic heterocycles. The Morgan fingerprint density at radius 1 is 1.36 bits per heavy atom. The molecule has 11 heavy (non-hydrogen) atoms. The average molecular weight is 172 g/mol. The minimum atomic E-state index is 0. The monoisotopic (exact) mass is 171 g/mol. The Morgan fingerprint density at radius 3 is 2.64 bits per heavy atom. The third-order valence-corrected chi connectivity index (χ3v) is 1.66. The molecule has 0 bridgehead atoms. The summed E-state index contributed by atoms with van der Waals surface area (Å²) >= 11 is 5.78. The number of hydrogen-bond donors (Lipinski definition) is 1. The highest BCUT2D eigenvalue weighted by Crippen LogP contribution is 2.11. The highest BCUT2D eigenvalue weighted by Gasteiger charge is 1.90. The van der Waals surface area contributed by atoms with Crippen molar-refractivity contribution in [3.05, 3.63) is 34.9 Å². The Kier molecular flexibility index (Phi) is 4.92. The van der Waals surface area contributed by atoms with Crippen LogP contribution in [0.25, 0.3) is 0 Å². The predicted molar refractivity (Wildman–Crippen MR) is 50.5 cm³/mol. The molecule has 3 N–H and O–H groups in total. The molecule has 0 amide bonds. The van der Waals surface area contributed by atoms with Gasteiger partial charge in [0.1, 0.15) is 0 Å². The lowest BCUT2D eigenvalue weighted by atomic mass is 10.1. The third kappa shape index (κ3) is 3.40. The van der Waals surface area contributed by atoms with Gasteiger partial charge in [0.05, 0.1) is 0 Å². The van der Waals surface area contributed by atoms with E-state index in [1.165, 1.54) is 12.0 Å². The van der Waals surface area contributed by atoms with Gasteiger partial charge in [-0.15, -0.1) is 0 Å². The molecule has 0 heterocycles. The van der Waals surface area contributed by atoms with Gasteiger partial charge >= 0.3 is 0 Å². The summed E-state index contributed by atoms with van der Waals surface area (Å²) in [5, 5.41) is 0.839. The lowest BCUT2D eigenvalue weighted by Gasteiger charge is -1.96. The average Bonchev–Trinajstić information content (AvgIpc) is 1.88. The number of hydrogen-bond acceptors (Lipinski definition) is 1. The molecule has 1 aromatic carbocycles. The standard InChI is InChI=1S/C9H11Cl.H3N/c1-2-4-8-5-3-6-9(10)7-8;/h3,5-7H,2,4H2,1H3;1H3. The molecule has 62 valence electrons. The molecule has 0 fully saturated rings. The smallest absolute Gasteiger partial charge is 0.0408 e. The van der Waals surface area contributed by atoms with Crippen molar-refractivity contribution in [1.29, 1.82) is 0 Å². The van der Waals surface area contributed by atoms with Crippen molar-refractivity contribution in [2.45, 2.75) is 19.8 Å². The third-order valence-electron chi connectivity index (χ3n) is 1.43. The van der Waals surface area contributed by atoms with Crippen molar-refractivity contribution in [2.24, 2.45) is 0 Å². The number of halogens is 1. The van der Waals surface area contributed by atoms with Gasteiger partial charge in [0, 0.05) is 5.02 Å². The van der Waals surface area contributed by atoms with Crippen LogP contribution in [0.1, 0.15) is 18.9 Å². The molecule has 1 nitrogen and oxygen atoms in total. The fourth-order valence-electron chi connectivity index (χ4n) is 0.981. The largest absolute Gasteiger partial charge is 0.344 e. The second-order valence-corrected chi connectivity index (χ2v) is 2.82. The summed E-state index contributed by atoms with van der Waals surface area (Å²) in [6.45, 7) is 2.17. The van der Waals surface area contributed by atoms with Gasteiger partial charge in [-0.05, 0) is 24.1 Å². The zero-order chi connectivity index (χ0) is 7.40. The summed E-state index contributed by atoms with van der Waals surface area (Å²) in [5.74, 6) is 0. The van der Waals surface area contributed by atoms with E-state index < -0.39 is 0 Å². The Hall–Kier alpha value is -0.530. The van der Waals surface area contributed by atoms with Gasteiger partial charge in [-0.2, -0.15) is 0 Å². The van der Waals surface area contributed by atoms with Crippen LogP contribution in [0.2, 0.25) is 5.02 Å². The normalized spacial score (nSPS) is 8.91. The maximum Gasteiger partial charge on any atom is 0.0408 e. The van der Waals surface area contributed by atoms with E-state index in [2.05, 4.69) is 13.0 Å². The molecule has 1 rings (SSSR count). The molecule has 2 heteroatoms. The SMILES string of the molecule is CCCc1cccc(Cl)c1.N. The second-order valence-electron chi connectivity index (χ2n) is 2.38. The first-order valence-corrected chi connectivity index (χ1v) is 3.95. The van der Waals surface area contributed by atoms with Crippen LogP contribution in [0.3, 0.4) is 0 Å². The maximum atomic E-state index is 5.78. The summed E-state index contributed by atoms with van der Waals surface area (Å²) < 4.78 is 0. The highest BCUT2D eigenvalue weighted by molar-refractivity contribution is 6.30. The first-order chi connectivity index (χ1) is 4.83. The van der Waals surface area contributed by atoms with Crippen LogP contribution >= 0.6 is 11.6 Å². The minimum Gasteiger partial charge on any atom is -0.344 e. The Bertz CT molecular complexity index is 210. The molecule has 0 radical (unpaired) electrons. The predicted octanol–water partition coefficient (Wildman–Crippen LogP) is 3.45. The molecule has 0 saturated heterocycles. The summed E-state index contributed by atoms with van der Waals surface area (Å²) in [5.41, 5.74) is 1.33. The van der Waals surface area contributed by atoms with Crippen LogP contribution < -0.4 is 6.15 Å². The Morgan fingerprint density at radius 2 is 2.09 bits per heavy atom. The van der Waals surface area contributed by atoms with E-state index in [9.17, 15) is 0 Å². The fraction of sp³-hybridized carbons (Fsp3) is 0.333. The fourth-order valence-corrected chi connectivity index (χ4v) is 1.19. The van der Waals surface area contributed by atoms with Crippen molar-refractivity contribution in [3.8, 4) is 0 Å². The van der Waals surface area contributed by atoms with Crippen molar-refractivity contribution >= 4 is 11.6 Å². The Balaban J connectivity index is 0.000001000. The second kappa shape index (κ2) is 5.16. The molecule has 0 atom stereocenters. The van der Waals surface area contributed by atoms with Crippen molar-refractivity contribution < 1.29 is 0 Å². The quantitative estimate of drug-likeness (QED) is 0.727. The first kappa shape index (κ1) is 10.5. The summed E-state index contributed by atoms with van der Waals surface area (Å²) in [4.78, 5) is 0. The number of benzene rings is 1. The van der Waals surface area contributed by atoms with Crippen molar-refractivity contribution in [3.63, 3.8) is 0 Å². The molecule has 0 aliphatic heterocycles. The van der Waals surface area contributed by atoms with E-state index in [4.69, 9.17) is 11.6 Å². The lowest BCUT2D eigenvalue weighted by molar-refractivity contribution is 0.922. The minimum absolute atomic E-state index is 0. The van der Waals surface area contributed by atoms with Crippen molar-refractivity contribution in [2.75, 3.05) is 0 Å². The van der Waals surface area contributed by atoms with Crippen LogP contribution in [-0.2, 0) is 6.42 Å². The summed E-state index contributed by atoms with van der Waals surface area (Å²) in [7, 11) is 0.